The summed E-state index contributed by atoms with van der Waals surface area (Å²) in [6.45, 7) is 5.22. The molecule has 2 rings (SSSR count). The Hall–Kier alpha value is -0.760. The molecule has 0 aliphatic carbocycles. The average Bonchev–Trinajstić information content (AvgIpc) is 2.46. The highest BCUT2D eigenvalue weighted by Gasteiger charge is 2.23. The van der Waals surface area contributed by atoms with E-state index in [-0.39, 0.29) is 18.3 Å². The van der Waals surface area contributed by atoms with Crippen LogP contribution in [0.1, 0.15) is 6.92 Å². The Morgan fingerprint density at radius 1 is 1.27 bits per heavy atom. The minimum Gasteiger partial charge on any atom is -0.353 e. The van der Waals surface area contributed by atoms with Gasteiger partial charge in [0.1, 0.15) is 11.0 Å². The van der Waals surface area contributed by atoms with Crippen LogP contribution in [0.15, 0.2) is 4.90 Å². The molecule has 1 aromatic heterocycles. The first kappa shape index (κ1) is 19.3. The molecule has 0 radical (unpaired) electrons. The van der Waals surface area contributed by atoms with Crippen LogP contribution >= 0.6 is 35.8 Å². The molecule has 2 heterocycles. The van der Waals surface area contributed by atoms with E-state index in [4.69, 9.17) is 11.6 Å². The Morgan fingerprint density at radius 2 is 1.86 bits per heavy atom. The topological polar surface area (TPSA) is 52.6 Å². The number of rotatable bonds is 3. The lowest BCUT2D eigenvalue weighted by Crippen LogP contribution is -2.45. The van der Waals surface area contributed by atoms with E-state index in [1.165, 1.54) is 23.6 Å². The summed E-state index contributed by atoms with van der Waals surface area (Å²) in [5.41, 5.74) is 0. The van der Waals surface area contributed by atoms with Gasteiger partial charge in [0.15, 0.2) is 0 Å². The van der Waals surface area contributed by atoms with Gasteiger partial charge in [-0.05, 0) is 13.3 Å². The molecule has 9 heteroatoms. The minimum absolute atomic E-state index is 0. The van der Waals surface area contributed by atoms with Gasteiger partial charge in [-0.3, -0.25) is 9.69 Å². The second kappa shape index (κ2) is 8.19. The smallest absolute Gasteiger partial charge is 0.235 e. The monoisotopic (exact) mass is 365 g/mol. The maximum atomic E-state index is 11.5. The maximum absolute atomic E-state index is 11.5. The van der Waals surface area contributed by atoms with E-state index in [1.54, 1.807) is 7.05 Å². The van der Waals surface area contributed by atoms with Crippen LogP contribution in [0, 0.1) is 0 Å². The molecule has 0 bridgehead atoms. The first-order valence-corrected chi connectivity index (χ1v) is 8.33. The van der Waals surface area contributed by atoms with E-state index in [9.17, 15) is 4.79 Å². The Bertz CT molecular complexity index is 537. The molecule has 1 aliphatic heterocycles. The Morgan fingerprint density at radius 3 is 2.36 bits per heavy atom. The third kappa shape index (κ3) is 4.16. The lowest BCUT2D eigenvalue weighted by molar-refractivity contribution is -0.116. The first-order valence-electron chi connectivity index (χ1n) is 6.73. The van der Waals surface area contributed by atoms with Crippen molar-refractivity contribution in [3.63, 3.8) is 0 Å². The molecule has 0 aromatic carbocycles. The molecule has 0 N–H and O–H groups in total. The number of likely N-dealkylation sites (N-methyl/N-ethyl adjacent to an activating group) is 1. The third-order valence-corrected chi connectivity index (χ3v) is 4.74. The second-order valence-electron chi connectivity index (χ2n) is 5.04. The number of thioether (sulfide) groups is 1. The minimum atomic E-state index is -0.118. The summed E-state index contributed by atoms with van der Waals surface area (Å²) in [6, 6.07) is 0. The summed E-state index contributed by atoms with van der Waals surface area (Å²) >= 11 is 7.81. The quantitative estimate of drug-likeness (QED) is 0.603. The molecular formula is C13H21Cl2N5OS. The van der Waals surface area contributed by atoms with Gasteiger partial charge >= 0.3 is 0 Å². The second-order valence-corrected chi connectivity index (χ2v) is 6.21. The van der Waals surface area contributed by atoms with Crippen molar-refractivity contribution in [3.8, 4) is 0 Å². The number of piperazine rings is 1. The molecule has 6 nitrogen and oxygen atoms in total. The molecule has 22 heavy (non-hydrogen) atoms. The van der Waals surface area contributed by atoms with Gasteiger partial charge in [-0.25, -0.2) is 0 Å². The SMILES string of the molecule is CSc1c(Cl)nc(N(C)C(C)=O)nc1N1CCN(C)CC1.Cl. The zero-order valence-corrected chi connectivity index (χ0v) is 15.6. The fourth-order valence-electron chi connectivity index (χ4n) is 2.10. The first-order chi connectivity index (χ1) is 9.93. The van der Waals surface area contributed by atoms with Gasteiger partial charge in [-0.1, -0.05) is 11.6 Å². The van der Waals surface area contributed by atoms with E-state index >= 15 is 0 Å². The highest BCUT2D eigenvalue weighted by Crippen LogP contribution is 2.34. The van der Waals surface area contributed by atoms with Gasteiger partial charge in [0.2, 0.25) is 11.9 Å². The van der Waals surface area contributed by atoms with Gasteiger partial charge < -0.3 is 9.80 Å². The van der Waals surface area contributed by atoms with Crippen LogP contribution in [0.2, 0.25) is 5.15 Å². The van der Waals surface area contributed by atoms with Crippen molar-refractivity contribution in [1.29, 1.82) is 0 Å². The normalized spacial score (nSPS) is 15.4. The van der Waals surface area contributed by atoms with Crippen LogP contribution in [0.3, 0.4) is 0 Å². The molecule has 1 saturated heterocycles. The zero-order valence-electron chi connectivity index (χ0n) is 13.2. The van der Waals surface area contributed by atoms with E-state index < -0.39 is 0 Å². The summed E-state index contributed by atoms with van der Waals surface area (Å²) < 4.78 is 0. The predicted octanol–water partition coefficient (Wildman–Crippen LogP) is 2.01. The molecule has 1 amide bonds. The fourth-order valence-corrected chi connectivity index (χ4v) is 3.06. The number of nitrogens with zero attached hydrogens (tertiary/aromatic N) is 5. The lowest BCUT2D eigenvalue weighted by Gasteiger charge is -2.34. The van der Waals surface area contributed by atoms with Crippen LogP contribution in [-0.4, -0.2) is 67.3 Å². The number of anilines is 2. The molecule has 0 saturated carbocycles. The molecule has 0 spiro atoms. The summed E-state index contributed by atoms with van der Waals surface area (Å²) in [7, 11) is 3.76. The van der Waals surface area contributed by atoms with Crippen LogP contribution in [0.25, 0.3) is 0 Å². The number of halogens is 2. The van der Waals surface area contributed by atoms with Gasteiger partial charge in [-0.15, -0.1) is 24.2 Å². The average molecular weight is 366 g/mol. The van der Waals surface area contributed by atoms with Crippen molar-refractivity contribution in [2.75, 3.05) is 56.3 Å². The van der Waals surface area contributed by atoms with Crippen molar-refractivity contribution >= 4 is 53.4 Å². The number of amides is 1. The Kier molecular flexibility index (Phi) is 7.18. The molecular weight excluding hydrogens is 345 g/mol. The lowest BCUT2D eigenvalue weighted by atomic mass is 10.3. The summed E-state index contributed by atoms with van der Waals surface area (Å²) in [4.78, 5) is 27.1. The predicted molar refractivity (Wildman–Crippen MR) is 94.9 cm³/mol. The third-order valence-electron chi connectivity index (χ3n) is 3.57. The van der Waals surface area contributed by atoms with E-state index in [0.717, 1.165) is 36.9 Å². The van der Waals surface area contributed by atoms with E-state index in [2.05, 4.69) is 26.8 Å². The molecule has 1 fully saturated rings. The van der Waals surface area contributed by atoms with Crippen LogP contribution in [0.4, 0.5) is 11.8 Å². The van der Waals surface area contributed by atoms with Crippen LogP contribution in [0.5, 0.6) is 0 Å². The summed E-state index contributed by atoms with van der Waals surface area (Å²) in [5, 5.41) is 0.398. The molecule has 0 atom stereocenters. The number of hydrogen-bond acceptors (Lipinski definition) is 6. The standard InChI is InChI=1S/C13H20ClN5OS.ClH/c1-9(20)18(3)13-15-11(14)10(21-4)12(16-13)19-7-5-17(2)6-8-19;/h5-8H2,1-4H3;1H. The van der Waals surface area contributed by atoms with Gasteiger partial charge in [0.25, 0.3) is 0 Å². The zero-order chi connectivity index (χ0) is 15.6. The summed E-state index contributed by atoms with van der Waals surface area (Å²) in [5.74, 6) is 1.05. The summed E-state index contributed by atoms with van der Waals surface area (Å²) in [6.07, 6.45) is 1.96. The van der Waals surface area contributed by atoms with Crippen LogP contribution < -0.4 is 9.80 Å². The van der Waals surface area contributed by atoms with Crippen molar-refractivity contribution in [2.24, 2.45) is 0 Å². The largest absolute Gasteiger partial charge is 0.353 e. The molecule has 0 unspecified atom stereocenters. The van der Waals surface area contributed by atoms with Crippen molar-refractivity contribution in [1.82, 2.24) is 14.9 Å². The van der Waals surface area contributed by atoms with Crippen molar-refractivity contribution in [3.05, 3.63) is 5.15 Å². The maximum Gasteiger partial charge on any atom is 0.235 e. The van der Waals surface area contributed by atoms with E-state index in [0.29, 0.717) is 11.1 Å². The van der Waals surface area contributed by atoms with E-state index in [1.807, 2.05) is 6.26 Å². The Balaban J connectivity index is 0.00000242. The highest BCUT2D eigenvalue weighted by atomic mass is 35.5. The number of hydrogen-bond donors (Lipinski definition) is 0. The van der Waals surface area contributed by atoms with Gasteiger partial charge in [-0.2, -0.15) is 9.97 Å². The number of carbonyl (C=O) groups excluding carboxylic acids is 1. The molecule has 1 aliphatic rings. The highest BCUT2D eigenvalue weighted by molar-refractivity contribution is 7.98. The van der Waals surface area contributed by atoms with Gasteiger partial charge in [0.05, 0.1) is 4.90 Å². The van der Waals surface area contributed by atoms with Crippen molar-refractivity contribution < 1.29 is 4.79 Å². The fraction of sp³-hybridized carbons (Fsp3) is 0.615. The van der Waals surface area contributed by atoms with Gasteiger partial charge in [0, 0.05) is 40.2 Å². The number of carbonyl (C=O) groups is 1. The Labute approximate surface area is 146 Å². The molecule has 124 valence electrons. The van der Waals surface area contributed by atoms with Crippen LogP contribution in [-0.2, 0) is 4.79 Å². The number of aromatic nitrogens is 2. The molecule has 1 aromatic rings. The van der Waals surface area contributed by atoms with Crippen molar-refractivity contribution in [2.45, 2.75) is 11.8 Å².